The lowest BCUT2D eigenvalue weighted by Crippen LogP contribution is -2.19. The fourth-order valence-corrected chi connectivity index (χ4v) is 4.35. The topological polar surface area (TPSA) is 59.1 Å². The van der Waals surface area contributed by atoms with Crippen LogP contribution in [0.2, 0.25) is 5.02 Å². The Labute approximate surface area is 132 Å². The average molecular weight is 331 g/mol. The van der Waals surface area contributed by atoms with Gasteiger partial charge in [0.2, 0.25) is 0 Å². The predicted octanol–water partition coefficient (Wildman–Crippen LogP) is 3.98. The number of benzene rings is 2. The molecule has 0 bridgehead atoms. The standard InChI is InChI=1S/C16H11ClN2O2S/c1-9-6-12-13(17)7-11-10-4-2-3-5-14(10)22(20,21)19-16(11)15(12)18-8-9/h2-8,19H,1H3. The molecular weight excluding hydrogens is 320 g/mol. The molecule has 0 fully saturated rings. The number of rotatable bonds is 0. The molecule has 1 aliphatic rings. The van der Waals surface area contributed by atoms with E-state index >= 15 is 0 Å². The number of nitrogens with one attached hydrogen (secondary N) is 1. The summed E-state index contributed by atoms with van der Waals surface area (Å²) in [7, 11) is -3.60. The first kappa shape index (κ1) is 13.5. The van der Waals surface area contributed by atoms with Crippen LogP contribution in [0.3, 0.4) is 0 Å². The molecule has 0 saturated heterocycles. The van der Waals surface area contributed by atoms with Crippen molar-refractivity contribution in [2.75, 3.05) is 4.72 Å². The SMILES string of the molecule is Cc1cnc2c3c(cc(Cl)c2c1)-c1ccccc1S(=O)(=O)N3. The Balaban J connectivity index is 2.19. The van der Waals surface area contributed by atoms with E-state index in [2.05, 4.69) is 9.71 Å². The van der Waals surface area contributed by atoms with Crippen LogP contribution in [0.25, 0.3) is 22.0 Å². The summed E-state index contributed by atoms with van der Waals surface area (Å²) in [6, 6.07) is 10.6. The first-order valence-electron chi connectivity index (χ1n) is 6.68. The lowest BCUT2D eigenvalue weighted by Gasteiger charge is -2.23. The molecule has 0 aliphatic carbocycles. The first-order valence-corrected chi connectivity index (χ1v) is 8.54. The Kier molecular flexibility index (Phi) is 2.74. The van der Waals surface area contributed by atoms with Crippen molar-refractivity contribution >= 4 is 38.2 Å². The molecule has 110 valence electrons. The zero-order chi connectivity index (χ0) is 15.5. The van der Waals surface area contributed by atoms with E-state index in [9.17, 15) is 8.42 Å². The second kappa shape index (κ2) is 4.44. The molecule has 1 aromatic heterocycles. The van der Waals surface area contributed by atoms with Crippen LogP contribution in [0.4, 0.5) is 5.69 Å². The van der Waals surface area contributed by atoms with Crippen molar-refractivity contribution in [2.24, 2.45) is 0 Å². The van der Waals surface area contributed by atoms with Gasteiger partial charge >= 0.3 is 0 Å². The third-order valence-electron chi connectivity index (χ3n) is 3.76. The quantitative estimate of drug-likeness (QED) is 0.678. The molecule has 4 nitrogen and oxygen atoms in total. The smallest absolute Gasteiger partial charge is 0.262 e. The van der Waals surface area contributed by atoms with Crippen molar-refractivity contribution in [3.8, 4) is 11.1 Å². The van der Waals surface area contributed by atoms with Gasteiger partial charge in [-0.2, -0.15) is 0 Å². The lowest BCUT2D eigenvalue weighted by atomic mass is 10.0. The van der Waals surface area contributed by atoms with Gasteiger partial charge in [-0.25, -0.2) is 8.42 Å². The molecule has 4 rings (SSSR count). The summed E-state index contributed by atoms with van der Waals surface area (Å²) in [4.78, 5) is 4.64. The Morgan fingerprint density at radius 3 is 2.73 bits per heavy atom. The maximum absolute atomic E-state index is 12.5. The maximum Gasteiger partial charge on any atom is 0.262 e. The van der Waals surface area contributed by atoms with Crippen LogP contribution in [0.15, 0.2) is 47.5 Å². The van der Waals surface area contributed by atoms with E-state index in [1.807, 2.05) is 19.1 Å². The summed E-state index contributed by atoms with van der Waals surface area (Å²) < 4.78 is 27.6. The van der Waals surface area contributed by atoms with E-state index in [4.69, 9.17) is 11.6 Å². The fourth-order valence-electron chi connectivity index (χ4n) is 2.78. The van der Waals surface area contributed by atoms with Crippen LogP contribution >= 0.6 is 11.6 Å². The Morgan fingerprint density at radius 2 is 1.91 bits per heavy atom. The molecular formula is C16H11ClN2O2S. The van der Waals surface area contributed by atoms with Gasteiger partial charge in [-0.1, -0.05) is 29.8 Å². The molecule has 1 N–H and O–H groups in total. The highest BCUT2D eigenvalue weighted by Crippen LogP contribution is 2.44. The average Bonchev–Trinajstić information content (AvgIpc) is 2.49. The van der Waals surface area contributed by atoms with E-state index in [0.717, 1.165) is 16.5 Å². The van der Waals surface area contributed by atoms with Gasteiger partial charge in [0.25, 0.3) is 10.0 Å². The number of hydrogen-bond acceptors (Lipinski definition) is 3. The number of nitrogens with zero attached hydrogens (tertiary/aromatic N) is 1. The highest BCUT2D eigenvalue weighted by atomic mass is 35.5. The van der Waals surface area contributed by atoms with Crippen molar-refractivity contribution in [1.29, 1.82) is 0 Å². The summed E-state index contributed by atoms with van der Waals surface area (Å²) in [6.07, 6.45) is 1.70. The first-order chi connectivity index (χ1) is 10.5. The molecule has 2 aromatic carbocycles. The molecule has 2 heterocycles. The van der Waals surface area contributed by atoms with E-state index in [1.54, 1.807) is 30.5 Å². The van der Waals surface area contributed by atoms with Crippen LogP contribution in [0.1, 0.15) is 5.56 Å². The normalized spacial score (nSPS) is 15.0. The Hall–Kier alpha value is -2.11. The summed E-state index contributed by atoms with van der Waals surface area (Å²) in [5.74, 6) is 0. The zero-order valence-electron chi connectivity index (χ0n) is 11.6. The maximum atomic E-state index is 12.5. The number of hydrogen-bond donors (Lipinski definition) is 1. The Bertz CT molecular complexity index is 1050. The number of aromatic nitrogens is 1. The van der Waals surface area contributed by atoms with Crippen molar-refractivity contribution in [3.05, 3.63) is 53.2 Å². The molecule has 6 heteroatoms. The second-order valence-corrected chi connectivity index (χ2v) is 7.35. The minimum Gasteiger partial charge on any atom is -0.277 e. The number of aryl methyl sites for hydroxylation is 1. The van der Waals surface area contributed by atoms with Gasteiger partial charge in [0.15, 0.2) is 0 Å². The van der Waals surface area contributed by atoms with Crippen molar-refractivity contribution in [1.82, 2.24) is 4.98 Å². The van der Waals surface area contributed by atoms with Crippen molar-refractivity contribution in [2.45, 2.75) is 11.8 Å². The van der Waals surface area contributed by atoms with E-state index in [0.29, 0.717) is 21.8 Å². The predicted molar refractivity (Wildman–Crippen MR) is 87.7 cm³/mol. The minimum absolute atomic E-state index is 0.255. The number of anilines is 1. The molecule has 22 heavy (non-hydrogen) atoms. The summed E-state index contributed by atoms with van der Waals surface area (Å²) >= 11 is 6.39. The van der Waals surface area contributed by atoms with Gasteiger partial charge in [0.05, 0.1) is 21.1 Å². The van der Waals surface area contributed by atoms with Crippen LogP contribution in [0, 0.1) is 6.92 Å². The van der Waals surface area contributed by atoms with Gasteiger partial charge in [-0.3, -0.25) is 9.71 Å². The molecule has 3 aromatic rings. The van der Waals surface area contributed by atoms with Gasteiger partial charge < -0.3 is 0 Å². The third-order valence-corrected chi connectivity index (χ3v) is 5.48. The van der Waals surface area contributed by atoms with E-state index < -0.39 is 10.0 Å². The number of pyridine rings is 1. The fraction of sp³-hybridized carbons (Fsp3) is 0.0625. The second-order valence-electron chi connectivity index (χ2n) is 5.29. The molecule has 0 saturated carbocycles. The van der Waals surface area contributed by atoms with Gasteiger partial charge in [0.1, 0.15) is 0 Å². The van der Waals surface area contributed by atoms with Gasteiger partial charge in [0, 0.05) is 22.7 Å². The highest BCUT2D eigenvalue weighted by Gasteiger charge is 2.29. The highest BCUT2D eigenvalue weighted by molar-refractivity contribution is 7.93. The van der Waals surface area contributed by atoms with E-state index in [-0.39, 0.29) is 4.90 Å². The molecule has 0 atom stereocenters. The molecule has 0 spiro atoms. The largest absolute Gasteiger partial charge is 0.277 e. The number of sulfonamides is 1. The monoisotopic (exact) mass is 330 g/mol. The van der Waals surface area contributed by atoms with Gasteiger partial charge in [-0.15, -0.1) is 0 Å². The molecule has 0 unspecified atom stereocenters. The number of halogens is 1. The third kappa shape index (κ3) is 1.82. The zero-order valence-corrected chi connectivity index (χ0v) is 13.2. The van der Waals surface area contributed by atoms with Crippen LogP contribution in [0.5, 0.6) is 0 Å². The summed E-state index contributed by atoms with van der Waals surface area (Å²) in [5.41, 5.74) is 3.40. The minimum atomic E-state index is -3.60. The molecule has 0 amide bonds. The summed E-state index contributed by atoms with van der Waals surface area (Å²) in [6.45, 7) is 1.92. The van der Waals surface area contributed by atoms with Crippen molar-refractivity contribution < 1.29 is 8.42 Å². The van der Waals surface area contributed by atoms with Crippen LogP contribution in [-0.4, -0.2) is 13.4 Å². The molecule has 0 radical (unpaired) electrons. The van der Waals surface area contributed by atoms with Crippen molar-refractivity contribution in [3.63, 3.8) is 0 Å². The summed E-state index contributed by atoms with van der Waals surface area (Å²) in [5, 5.41) is 1.29. The van der Waals surface area contributed by atoms with Crippen LogP contribution in [-0.2, 0) is 10.0 Å². The lowest BCUT2D eigenvalue weighted by molar-refractivity contribution is 0.601. The molecule has 1 aliphatic heterocycles. The van der Waals surface area contributed by atoms with Crippen LogP contribution < -0.4 is 4.72 Å². The number of fused-ring (bicyclic) bond motifs is 5. The van der Waals surface area contributed by atoms with Gasteiger partial charge in [-0.05, 0) is 30.7 Å². The Morgan fingerprint density at radius 1 is 1.14 bits per heavy atom. The van der Waals surface area contributed by atoms with E-state index in [1.165, 1.54) is 0 Å².